The fraction of sp³-hybridized carbons (Fsp3) is 0.316. The van der Waals surface area contributed by atoms with E-state index in [4.69, 9.17) is 4.74 Å². The second-order valence-corrected chi connectivity index (χ2v) is 6.05. The van der Waals surface area contributed by atoms with Crippen molar-refractivity contribution in [2.45, 2.75) is 26.2 Å². The molecule has 0 atom stereocenters. The average Bonchev–Trinajstić information content (AvgIpc) is 2.82. The summed E-state index contributed by atoms with van der Waals surface area (Å²) in [6.07, 6.45) is 2.72. The largest absolute Gasteiger partial charge is 0.496 e. The van der Waals surface area contributed by atoms with Gasteiger partial charge in [-0.15, -0.1) is 0 Å². The number of anilines is 1. The first kappa shape index (κ1) is 17.0. The number of benzene rings is 1. The van der Waals surface area contributed by atoms with Gasteiger partial charge in [0.15, 0.2) is 0 Å². The zero-order chi connectivity index (χ0) is 18.0. The summed E-state index contributed by atoms with van der Waals surface area (Å²) in [5, 5.41) is 9.18. The Hall–Kier alpha value is -2.89. The third-order valence-corrected chi connectivity index (χ3v) is 4.35. The molecule has 1 amide bonds. The lowest BCUT2D eigenvalue weighted by Gasteiger charge is -2.23. The van der Waals surface area contributed by atoms with Crippen LogP contribution in [0.1, 0.15) is 44.9 Å². The topological polar surface area (TPSA) is 79.7 Å². The van der Waals surface area contributed by atoms with Crippen LogP contribution in [-0.4, -0.2) is 35.6 Å². The van der Waals surface area contributed by atoms with Crippen LogP contribution < -0.4 is 9.64 Å². The summed E-state index contributed by atoms with van der Waals surface area (Å²) >= 11 is 0. The Morgan fingerprint density at radius 3 is 2.72 bits per heavy atom. The van der Waals surface area contributed by atoms with Gasteiger partial charge in [-0.05, 0) is 56.5 Å². The van der Waals surface area contributed by atoms with Crippen molar-refractivity contribution >= 4 is 17.6 Å². The first-order valence-corrected chi connectivity index (χ1v) is 8.21. The Morgan fingerprint density at radius 1 is 1.20 bits per heavy atom. The molecule has 0 unspecified atom stereocenters. The highest BCUT2D eigenvalue weighted by Gasteiger charge is 2.24. The molecule has 0 aliphatic carbocycles. The summed E-state index contributed by atoms with van der Waals surface area (Å²) in [4.78, 5) is 30.6. The molecule has 1 aromatic heterocycles. The van der Waals surface area contributed by atoms with Crippen molar-refractivity contribution in [3.8, 4) is 5.75 Å². The Morgan fingerprint density at radius 2 is 2.00 bits per heavy atom. The van der Waals surface area contributed by atoms with Gasteiger partial charge in [-0.2, -0.15) is 0 Å². The number of aromatic nitrogens is 1. The number of amides is 1. The molecule has 0 saturated heterocycles. The van der Waals surface area contributed by atoms with Crippen molar-refractivity contribution in [1.29, 1.82) is 0 Å². The van der Waals surface area contributed by atoms with Crippen molar-refractivity contribution in [3.05, 3.63) is 52.8 Å². The summed E-state index contributed by atoms with van der Waals surface area (Å²) in [6.45, 7) is 2.55. The Kier molecular flexibility index (Phi) is 4.70. The molecule has 6 heteroatoms. The lowest BCUT2D eigenvalue weighted by Crippen LogP contribution is -2.32. The van der Waals surface area contributed by atoms with E-state index in [0.717, 1.165) is 36.3 Å². The van der Waals surface area contributed by atoms with Gasteiger partial charge < -0.3 is 14.7 Å². The molecule has 0 fully saturated rings. The number of carboxylic acids is 1. The van der Waals surface area contributed by atoms with Crippen LogP contribution in [0.25, 0.3) is 0 Å². The molecule has 0 bridgehead atoms. The van der Waals surface area contributed by atoms with E-state index in [1.54, 1.807) is 4.90 Å². The van der Waals surface area contributed by atoms with E-state index in [-0.39, 0.29) is 17.2 Å². The lowest BCUT2D eigenvalue weighted by molar-refractivity contribution is 0.0692. The third kappa shape index (κ3) is 3.33. The van der Waals surface area contributed by atoms with Crippen LogP contribution in [0, 0.1) is 6.92 Å². The van der Waals surface area contributed by atoms with E-state index < -0.39 is 5.97 Å². The van der Waals surface area contributed by atoms with Gasteiger partial charge in [0.25, 0.3) is 5.91 Å². The van der Waals surface area contributed by atoms with Crippen molar-refractivity contribution in [2.75, 3.05) is 18.6 Å². The molecule has 0 radical (unpaired) electrons. The van der Waals surface area contributed by atoms with Crippen molar-refractivity contribution in [2.24, 2.45) is 0 Å². The number of hydrogen-bond acceptors (Lipinski definition) is 4. The molecular formula is C19H20N2O4. The van der Waals surface area contributed by atoms with Gasteiger partial charge in [-0.1, -0.05) is 0 Å². The maximum atomic E-state index is 13.0. The fourth-order valence-corrected chi connectivity index (χ4v) is 3.08. The van der Waals surface area contributed by atoms with Crippen LogP contribution in [-0.2, 0) is 6.42 Å². The van der Waals surface area contributed by atoms with Gasteiger partial charge in [0, 0.05) is 17.8 Å². The van der Waals surface area contributed by atoms with Crippen LogP contribution in [0.2, 0.25) is 0 Å². The summed E-state index contributed by atoms with van der Waals surface area (Å²) in [6, 6.07) is 8.25. The molecule has 0 spiro atoms. The zero-order valence-electron chi connectivity index (χ0n) is 14.3. The highest BCUT2D eigenvalue weighted by Crippen LogP contribution is 2.28. The van der Waals surface area contributed by atoms with Crippen LogP contribution in [0.3, 0.4) is 0 Å². The second kappa shape index (κ2) is 6.93. The number of carboxylic acid groups (broad SMARTS) is 1. The molecule has 25 heavy (non-hydrogen) atoms. The Balaban J connectivity index is 2.00. The quantitative estimate of drug-likeness (QED) is 0.929. The number of methoxy groups -OCH3 is 1. The highest BCUT2D eigenvalue weighted by molar-refractivity contribution is 6.07. The van der Waals surface area contributed by atoms with Gasteiger partial charge >= 0.3 is 5.97 Å². The summed E-state index contributed by atoms with van der Waals surface area (Å²) in [5.74, 6) is -1.09. The van der Waals surface area contributed by atoms with Gasteiger partial charge in [0.1, 0.15) is 11.3 Å². The van der Waals surface area contributed by atoms with E-state index in [1.165, 1.54) is 25.3 Å². The molecule has 2 aromatic rings. The van der Waals surface area contributed by atoms with Crippen LogP contribution in [0.4, 0.5) is 5.69 Å². The molecule has 1 aromatic carbocycles. The monoisotopic (exact) mass is 340 g/mol. The van der Waals surface area contributed by atoms with Gasteiger partial charge in [0.05, 0.1) is 18.5 Å². The first-order valence-electron chi connectivity index (χ1n) is 8.21. The number of aromatic carboxylic acids is 1. The van der Waals surface area contributed by atoms with E-state index in [1.807, 2.05) is 19.1 Å². The Bertz CT molecular complexity index is 832. The zero-order valence-corrected chi connectivity index (χ0v) is 14.3. The van der Waals surface area contributed by atoms with Gasteiger partial charge in [0.2, 0.25) is 0 Å². The summed E-state index contributed by atoms with van der Waals surface area (Å²) in [7, 11) is 1.39. The smallest absolute Gasteiger partial charge is 0.339 e. The number of ether oxygens (including phenoxy) is 1. The predicted molar refractivity (Wildman–Crippen MR) is 93.5 cm³/mol. The summed E-state index contributed by atoms with van der Waals surface area (Å²) < 4.78 is 5.13. The van der Waals surface area contributed by atoms with Gasteiger partial charge in [-0.25, -0.2) is 4.79 Å². The molecule has 1 aliphatic heterocycles. The molecule has 2 heterocycles. The van der Waals surface area contributed by atoms with Gasteiger partial charge in [-0.3, -0.25) is 9.78 Å². The third-order valence-electron chi connectivity index (χ3n) is 4.35. The average molecular weight is 340 g/mol. The molecule has 1 N–H and O–H groups in total. The highest BCUT2D eigenvalue weighted by atomic mass is 16.5. The number of carbonyl (C=O) groups excluding carboxylic acids is 1. The minimum Gasteiger partial charge on any atom is -0.496 e. The number of nitrogens with zero attached hydrogens (tertiary/aromatic N) is 2. The lowest BCUT2D eigenvalue weighted by atomic mass is 10.1. The summed E-state index contributed by atoms with van der Waals surface area (Å²) in [5.41, 5.74) is 3.12. The number of hydrogen-bond donors (Lipinski definition) is 1. The number of carbonyl (C=O) groups is 2. The van der Waals surface area contributed by atoms with Crippen molar-refractivity contribution in [1.82, 2.24) is 4.98 Å². The molecule has 0 saturated carbocycles. The minimum atomic E-state index is -1.09. The standard InChI is InChI=1S/C19H20N2O4/c1-12-6-9-16-15(20-12)5-3-4-10-21(16)18(22)13-7-8-14(19(23)24)17(11-13)25-2/h6-9,11H,3-5,10H2,1-2H3,(H,23,24). The SMILES string of the molecule is COc1cc(C(=O)N2CCCCc3nc(C)ccc32)ccc1C(=O)O. The minimum absolute atomic E-state index is 0.0348. The van der Waals surface area contributed by atoms with E-state index in [9.17, 15) is 14.7 Å². The number of rotatable bonds is 3. The maximum Gasteiger partial charge on any atom is 0.339 e. The molecule has 130 valence electrons. The van der Waals surface area contributed by atoms with Crippen molar-refractivity contribution in [3.63, 3.8) is 0 Å². The van der Waals surface area contributed by atoms with E-state index >= 15 is 0 Å². The van der Waals surface area contributed by atoms with Crippen molar-refractivity contribution < 1.29 is 19.4 Å². The Labute approximate surface area is 146 Å². The fourth-order valence-electron chi connectivity index (χ4n) is 3.08. The predicted octanol–water partition coefficient (Wildman–Crippen LogP) is 3.08. The molecule has 1 aliphatic rings. The van der Waals surface area contributed by atoms with Crippen LogP contribution in [0.5, 0.6) is 5.75 Å². The number of pyridine rings is 1. The molecular weight excluding hydrogens is 320 g/mol. The van der Waals surface area contributed by atoms with E-state index in [2.05, 4.69) is 4.98 Å². The number of aryl methyl sites for hydroxylation is 2. The van der Waals surface area contributed by atoms with Crippen LogP contribution >= 0.6 is 0 Å². The van der Waals surface area contributed by atoms with Crippen LogP contribution in [0.15, 0.2) is 30.3 Å². The first-order chi connectivity index (χ1) is 12.0. The normalized spacial score (nSPS) is 13.8. The molecule has 6 nitrogen and oxygen atoms in total. The van der Waals surface area contributed by atoms with E-state index in [0.29, 0.717) is 12.1 Å². The molecule has 3 rings (SSSR count). The number of fused-ring (bicyclic) bond motifs is 1. The maximum absolute atomic E-state index is 13.0. The second-order valence-electron chi connectivity index (χ2n) is 6.05.